The highest BCUT2D eigenvalue weighted by atomic mass is 35.5. The minimum Gasteiger partial charge on any atom is -0.320 e. The molecule has 128 valence electrons. The summed E-state index contributed by atoms with van der Waals surface area (Å²) in [5.41, 5.74) is -0.576. The van der Waals surface area contributed by atoms with Crippen LogP contribution >= 0.6 is 11.6 Å². The first-order chi connectivity index (χ1) is 11.9. The molecule has 0 saturated carbocycles. The molecule has 2 aromatic carbocycles. The van der Waals surface area contributed by atoms with Crippen molar-refractivity contribution in [2.75, 3.05) is 5.32 Å². The number of nitrogens with one attached hydrogen (secondary N) is 1. The van der Waals surface area contributed by atoms with Crippen molar-refractivity contribution in [2.24, 2.45) is 0 Å². The Morgan fingerprint density at radius 2 is 1.92 bits per heavy atom. The van der Waals surface area contributed by atoms with E-state index in [0.717, 1.165) is 12.1 Å². The van der Waals surface area contributed by atoms with Crippen molar-refractivity contribution in [3.05, 3.63) is 71.3 Å². The molecule has 25 heavy (non-hydrogen) atoms. The van der Waals surface area contributed by atoms with Crippen LogP contribution in [0.2, 0.25) is 5.02 Å². The van der Waals surface area contributed by atoms with Gasteiger partial charge in [-0.2, -0.15) is 18.3 Å². The first-order valence-electron chi connectivity index (χ1n) is 6.98. The van der Waals surface area contributed by atoms with E-state index in [1.807, 2.05) is 0 Å². The summed E-state index contributed by atoms with van der Waals surface area (Å²) in [6.07, 6.45) is -2.00. The number of rotatable bonds is 3. The molecule has 0 saturated heterocycles. The Morgan fingerprint density at radius 1 is 1.16 bits per heavy atom. The van der Waals surface area contributed by atoms with Crippen molar-refractivity contribution in [3.63, 3.8) is 0 Å². The van der Waals surface area contributed by atoms with Crippen molar-refractivity contribution in [1.29, 1.82) is 0 Å². The number of anilines is 1. The van der Waals surface area contributed by atoms with E-state index in [0.29, 0.717) is 0 Å². The first kappa shape index (κ1) is 17.0. The molecule has 1 amide bonds. The first-order valence-corrected chi connectivity index (χ1v) is 7.36. The summed E-state index contributed by atoms with van der Waals surface area (Å²) in [7, 11) is 0. The third kappa shape index (κ3) is 3.63. The molecular formula is C16H10ClF3N4O. The van der Waals surface area contributed by atoms with E-state index in [4.69, 9.17) is 11.6 Å². The number of amides is 1. The maximum absolute atomic E-state index is 13.0. The number of carbonyl (C=O) groups is 1. The summed E-state index contributed by atoms with van der Waals surface area (Å²) in [4.78, 5) is 16.2. The minimum absolute atomic E-state index is 0.0646. The van der Waals surface area contributed by atoms with Gasteiger partial charge in [0.15, 0.2) is 0 Å². The molecule has 1 heterocycles. The van der Waals surface area contributed by atoms with Crippen LogP contribution in [0.5, 0.6) is 0 Å². The Kier molecular flexibility index (Phi) is 4.45. The highest BCUT2D eigenvalue weighted by Gasteiger charge is 2.31. The SMILES string of the molecule is O=C(Nc1cc(C(F)(F)F)ccc1-n1cncn1)c1ccccc1Cl. The molecule has 3 aromatic rings. The summed E-state index contributed by atoms with van der Waals surface area (Å²) in [5.74, 6) is -0.633. The van der Waals surface area contributed by atoms with Gasteiger partial charge in [0.1, 0.15) is 12.7 Å². The second-order valence-electron chi connectivity index (χ2n) is 5.00. The van der Waals surface area contributed by atoms with Crippen molar-refractivity contribution in [1.82, 2.24) is 14.8 Å². The average Bonchev–Trinajstić information content (AvgIpc) is 3.08. The van der Waals surface area contributed by atoms with E-state index in [9.17, 15) is 18.0 Å². The lowest BCUT2D eigenvalue weighted by atomic mass is 10.1. The molecule has 0 radical (unpaired) electrons. The zero-order valence-corrected chi connectivity index (χ0v) is 13.2. The molecule has 0 unspecified atom stereocenters. The number of nitrogens with zero attached hydrogens (tertiary/aromatic N) is 3. The summed E-state index contributed by atoms with van der Waals surface area (Å²) < 4.78 is 40.2. The minimum atomic E-state index is -4.55. The maximum Gasteiger partial charge on any atom is 0.416 e. The third-order valence-corrected chi connectivity index (χ3v) is 3.69. The summed E-state index contributed by atoms with van der Waals surface area (Å²) in [5, 5.41) is 6.53. The zero-order chi connectivity index (χ0) is 18.0. The Bertz CT molecular complexity index is 910. The molecule has 3 rings (SSSR count). The van der Waals surface area contributed by atoms with Gasteiger partial charge in [0.05, 0.1) is 27.5 Å². The van der Waals surface area contributed by atoms with Crippen LogP contribution in [0, 0.1) is 0 Å². The van der Waals surface area contributed by atoms with Crippen LogP contribution in [0.15, 0.2) is 55.1 Å². The van der Waals surface area contributed by atoms with Crippen LogP contribution in [0.25, 0.3) is 5.69 Å². The molecule has 0 atom stereocenters. The van der Waals surface area contributed by atoms with E-state index >= 15 is 0 Å². The smallest absolute Gasteiger partial charge is 0.320 e. The Labute approximate surface area is 145 Å². The standard InChI is InChI=1S/C16H10ClF3N4O/c17-12-4-2-1-3-11(12)15(25)23-13-7-10(16(18,19)20)5-6-14(13)24-9-21-8-22-24/h1-9H,(H,23,25). The fourth-order valence-electron chi connectivity index (χ4n) is 2.18. The van der Waals surface area contributed by atoms with Gasteiger partial charge in [-0.1, -0.05) is 23.7 Å². The van der Waals surface area contributed by atoms with Gasteiger partial charge in [-0.15, -0.1) is 0 Å². The van der Waals surface area contributed by atoms with Gasteiger partial charge in [0.2, 0.25) is 0 Å². The van der Waals surface area contributed by atoms with Gasteiger partial charge in [0, 0.05) is 0 Å². The molecule has 0 aliphatic rings. The molecule has 9 heteroatoms. The number of alkyl halides is 3. The van der Waals surface area contributed by atoms with Gasteiger partial charge >= 0.3 is 6.18 Å². The van der Waals surface area contributed by atoms with E-state index in [1.165, 1.54) is 35.5 Å². The highest BCUT2D eigenvalue weighted by molar-refractivity contribution is 6.34. The third-order valence-electron chi connectivity index (χ3n) is 3.36. The molecule has 0 bridgehead atoms. The Morgan fingerprint density at radius 3 is 2.56 bits per heavy atom. The van der Waals surface area contributed by atoms with Gasteiger partial charge < -0.3 is 5.32 Å². The molecule has 1 aromatic heterocycles. The van der Waals surface area contributed by atoms with E-state index < -0.39 is 17.6 Å². The molecule has 0 fully saturated rings. The van der Waals surface area contributed by atoms with E-state index in [-0.39, 0.29) is 22.0 Å². The van der Waals surface area contributed by atoms with Gasteiger partial charge in [0.25, 0.3) is 5.91 Å². The fourth-order valence-corrected chi connectivity index (χ4v) is 2.40. The van der Waals surface area contributed by atoms with Gasteiger partial charge in [-0.05, 0) is 30.3 Å². The zero-order valence-electron chi connectivity index (χ0n) is 12.5. The van der Waals surface area contributed by atoms with E-state index in [1.54, 1.807) is 12.1 Å². The molecule has 1 N–H and O–H groups in total. The predicted octanol–water partition coefficient (Wildman–Crippen LogP) is 4.19. The van der Waals surface area contributed by atoms with Crippen LogP contribution in [-0.4, -0.2) is 20.7 Å². The molecule has 0 aliphatic heterocycles. The fraction of sp³-hybridized carbons (Fsp3) is 0.0625. The normalized spacial score (nSPS) is 11.4. The second-order valence-corrected chi connectivity index (χ2v) is 5.41. The van der Waals surface area contributed by atoms with Crippen molar-refractivity contribution in [2.45, 2.75) is 6.18 Å². The van der Waals surface area contributed by atoms with Crippen molar-refractivity contribution >= 4 is 23.2 Å². The number of carbonyl (C=O) groups excluding carboxylic acids is 1. The average molecular weight is 367 g/mol. The van der Waals surface area contributed by atoms with Crippen LogP contribution in [0.1, 0.15) is 15.9 Å². The molecule has 0 spiro atoms. The number of hydrogen-bond donors (Lipinski definition) is 1. The largest absolute Gasteiger partial charge is 0.416 e. The lowest BCUT2D eigenvalue weighted by molar-refractivity contribution is -0.137. The molecular weight excluding hydrogens is 357 g/mol. The Hall–Kier alpha value is -2.87. The van der Waals surface area contributed by atoms with Crippen LogP contribution in [0.3, 0.4) is 0 Å². The van der Waals surface area contributed by atoms with Crippen molar-refractivity contribution in [3.8, 4) is 5.69 Å². The number of halogens is 4. The summed E-state index contributed by atoms with van der Waals surface area (Å²) in [6, 6.07) is 9.19. The molecule has 5 nitrogen and oxygen atoms in total. The van der Waals surface area contributed by atoms with Crippen LogP contribution in [-0.2, 0) is 6.18 Å². The number of benzene rings is 2. The van der Waals surface area contributed by atoms with Gasteiger partial charge in [-0.25, -0.2) is 9.67 Å². The van der Waals surface area contributed by atoms with Crippen LogP contribution in [0.4, 0.5) is 18.9 Å². The summed E-state index contributed by atoms with van der Waals surface area (Å²) in [6.45, 7) is 0. The predicted molar refractivity (Wildman–Crippen MR) is 85.8 cm³/mol. The Balaban J connectivity index is 2.03. The highest BCUT2D eigenvalue weighted by Crippen LogP contribution is 2.33. The lowest BCUT2D eigenvalue weighted by Gasteiger charge is -2.14. The second kappa shape index (κ2) is 6.56. The van der Waals surface area contributed by atoms with Gasteiger partial charge in [-0.3, -0.25) is 4.79 Å². The van der Waals surface area contributed by atoms with E-state index in [2.05, 4.69) is 15.4 Å². The lowest BCUT2D eigenvalue weighted by Crippen LogP contribution is -2.16. The maximum atomic E-state index is 13.0. The quantitative estimate of drug-likeness (QED) is 0.756. The number of hydrogen-bond acceptors (Lipinski definition) is 3. The van der Waals surface area contributed by atoms with Crippen LogP contribution < -0.4 is 5.32 Å². The summed E-state index contributed by atoms with van der Waals surface area (Å²) >= 11 is 5.96. The molecule has 0 aliphatic carbocycles. The monoisotopic (exact) mass is 366 g/mol. The van der Waals surface area contributed by atoms with Crippen molar-refractivity contribution < 1.29 is 18.0 Å². The number of aromatic nitrogens is 3. The topological polar surface area (TPSA) is 59.8 Å².